The number of pyridine rings is 1. The third kappa shape index (κ3) is 22.7. The first-order valence-corrected chi connectivity index (χ1v) is 31.3. The molecule has 6 rings (SSSR count). The van der Waals surface area contributed by atoms with E-state index in [-0.39, 0.29) is 80.0 Å². The molecule has 2 aliphatic rings. The number of anilines is 1. The van der Waals surface area contributed by atoms with Gasteiger partial charge in [0.2, 0.25) is 11.8 Å². The van der Waals surface area contributed by atoms with E-state index in [0.717, 1.165) is 91.5 Å². The first kappa shape index (κ1) is 67.6. The normalized spacial score (nSPS) is 13.8. The van der Waals surface area contributed by atoms with Crippen molar-refractivity contribution in [3.8, 4) is 0 Å². The number of amides is 5. The second-order valence-corrected chi connectivity index (χ2v) is 23.9. The molecule has 1 aromatic heterocycles. The molecule has 0 saturated heterocycles. The molecule has 2 aliphatic heterocycles. The van der Waals surface area contributed by atoms with Crippen LogP contribution in [0.4, 0.5) is 16.2 Å². The highest BCUT2D eigenvalue weighted by molar-refractivity contribution is 6.08. The largest absolute Gasteiger partial charge is 0.461 e. The topological polar surface area (TPSA) is 261 Å². The number of rotatable bonds is 36. The molecular weight excluding hydrogens is 1080 g/mol. The summed E-state index contributed by atoms with van der Waals surface area (Å²) in [6.45, 7) is 17.7. The molecule has 18 heteroatoms. The quantitative estimate of drug-likeness (QED) is 0.0184. The lowest BCUT2D eigenvalue weighted by atomic mass is 9.88. The van der Waals surface area contributed by atoms with Crippen molar-refractivity contribution in [3.63, 3.8) is 0 Å². The van der Waals surface area contributed by atoms with Gasteiger partial charge in [0.1, 0.15) is 18.2 Å². The van der Waals surface area contributed by atoms with Crippen molar-refractivity contribution < 1.29 is 38.3 Å². The maximum atomic E-state index is 13.7. The maximum absolute atomic E-state index is 13.7. The number of hydrogen-bond donors (Lipinski definition) is 6. The number of ketones is 2. The van der Waals surface area contributed by atoms with Crippen molar-refractivity contribution in [2.75, 3.05) is 38.0 Å². The number of primary amides is 1. The van der Waals surface area contributed by atoms with Gasteiger partial charge in [0, 0.05) is 113 Å². The lowest BCUT2D eigenvalue weighted by molar-refractivity contribution is -0.145. The second-order valence-electron chi connectivity index (χ2n) is 23.9. The minimum Gasteiger partial charge on any atom is -0.461 e. The number of esters is 1. The van der Waals surface area contributed by atoms with Crippen molar-refractivity contribution in [1.29, 1.82) is 0 Å². The Morgan fingerprint density at radius 3 is 2.20 bits per heavy atom. The van der Waals surface area contributed by atoms with Crippen LogP contribution in [0.2, 0.25) is 0 Å². The zero-order chi connectivity index (χ0) is 62.0. The van der Waals surface area contributed by atoms with E-state index in [1.165, 1.54) is 12.0 Å². The summed E-state index contributed by atoms with van der Waals surface area (Å²) in [7, 11) is 0. The van der Waals surface area contributed by atoms with Gasteiger partial charge >= 0.3 is 12.0 Å². The fraction of sp³-hybridized carbons (Fsp3) is 0.515. The van der Waals surface area contributed by atoms with E-state index in [9.17, 15) is 33.6 Å². The summed E-state index contributed by atoms with van der Waals surface area (Å²) in [5.41, 5.74) is 20.4. The molecule has 0 spiro atoms. The Balaban J connectivity index is 0.890. The summed E-state index contributed by atoms with van der Waals surface area (Å²) in [6.07, 6.45) is 13.7. The molecule has 4 aromatic rings. The molecule has 0 saturated carbocycles. The molecule has 0 bridgehead atoms. The van der Waals surface area contributed by atoms with Crippen LogP contribution < -0.4 is 32.7 Å². The number of fused-ring (bicyclic) bond motifs is 2. The predicted molar refractivity (Wildman–Crippen MR) is 339 cm³/mol. The number of carbonyl (C=O) groups excluding carboxylic acids is 7. The number of Topliss-reactive ketones (excluding diaryl/α,β-unsaturated/α-hetero) is 2. The average Bonchev–Trinajstić information content (AvgIpc) is 3.88. The summed E-state index contributed by atoms with van der Waals surface area (Å²) in [5.74, 6) is -0.768. The number of aliphatic imine (C=N–C) groups is 1. The first-order valence-electron chi connectivity index (χ1n) is 31.3. The molecule has 18 nitrogen and oxygen atoms in total. The monoisotopic (exact) mass is 1180 g/mol. The van der Waals surface area contributed by atoms with Crippen LogP contribution in [0.5, 0.6) is 0 Å². The number of carbonyl (C=O) groups is 7. The highest BCUT2D eigenvalue weighted by Crippen LogP contribution is 2.30. The van der Waals surface area contributed by atoms with Crippen LogP contribution in [0.15, 0.2) is 89.6 Å². The van der Waals surface area contributed by atoms with E-state index in [2.05, 4.69) is 83.1 Å². The first-order chi connectivity index (χ1) is 41.4. The minimum absolute atomic E-state index is 0.0384. The third-order valence-corrected chi connectivity index (χ3v) is 15.7. The molecule has 2 unspecified atom stereocenters. The standard InChI is InChI=1S/C68H94N10O8/c1-7-32-78(33-8-2)67(84)54-36-52-27-28-53(38-61(52)75-63(69)39-54)65(82)74-56-37-55-44-77(34-29-59(55)73-42-56)43-50-23-21-49(22-24-50)41-71-30-14-18-64(81)86-45-51-25-19-48(20-26-51)35-62(80)60(17-13-31-72-68(70)85)76-66(83)58(47(5)6)40-57(79)16-12-10-9-11-15-46(3)4/h19-28,36-38,42,46-47,58,60,71H,7-18,29-35,39-41,43-45H2,1-6H3,(H2,69,75)(H,74,82)(H,76,83)(H3,70,72,85). The van der Waals surface area contributed by atoms with Crippen molar-refractivity contribution in [2.45, 2.75) is 177 Å². The SMILES string of the molecule is CCCN(CCC)C(=O)C1=Cc2ccc(C(=O)Nc3cnc4c(c3)CN(Cc3ccc(CNCCCC(=O)OCc5ccc(CC(=O)C(CCCNC(N)=O)NC(=O)C(CC(=O)CCCCCCC(C)C)C(C)C)cc5)cc3)CC4)cc2N=C(N)C1. The van der Waals surface area contributed by atoms with Gasteiger partial charge in [-0.2, -0.15) is 0 Å². The average molecular weight is 1180 g/mol. The zero-order valence-electron chi connectivity index (χ0n) is 51.8. The molecule has 0 fully saturated rings. The predicted octanol–water partition coefficient (Wildman–Crippen LogP) is 10.2. The van der Waals surface area contributed by atoms with Gasteiger partial charge in [0.05, 0.1) is 23.6 Å². The molecule has 0 aliphatic carbocycles. The lowest BCUT2D eigenvalue weighted by Gasteiger charge is -2.28. The van der Waals surface area contributed by atoms with E-state index in [4.69, 9.17) is 21.2 Å². The van der Waals surface area contributed by atoms with Gasteiger partial charge in [0.25, 0.3) is 5.91 Å². The maximum Gasteiger partial charge on any atom is 0.312 e. The van der Waals surface area contributed by atoms with Gasteiger partial charge in [-0.1, -0.05) is 122 Å². The molecule has 86 heavy (non-hydrogen) atoms. The highest BCUT2D eigenvalue weighted by Gasteiger charge is 2.30. The highest BCUT2D eigenvalue weighted by atomic mass is 16.5. The van der Waals surface area contributed by atoms with Gasteiger partial charge in [-0.15, -0.1) is 0 Å². The summed E-state index contributed by atoms with van der Waals surface area (Å²) in [5, 5.41) is 11.9. The molecule has 8 N–H and O–H groups in total. The molecule has 3 aromatic carbocycles. The number of nitrogens with zero attached hydrogens (tertiary/aromatic N) is 4. The van der Waals surface area contributed by atoms with Crippen molar-refractivity contribution in [1.82, 2.24) is 30.7 Å². The number of benzene rings is 3. The Morgan fingerprint density at radius 2 is 1.49 bits per heavy atom. The summed E-state index contributed by atoms with van der Waals surface area (Å²) >= 11 is 0. The second kappa shape index (κ2) is 35.2. The van der Waals surface area contributed by atoms with E-state index in [1.54, 1.807) is 18.3 Å². The summed E-state index contributed by atoms with van der Waals surface area (Å²) < 4.78 is 5.57. The summed E-state index contributed by atoms with van der Waals surface area (Å²) in [6, 6.07) is 21.6. The molecule has 5 amide bonds. The number of amidine groups is 1. The van der Waals surface area contributed by atoms with E-state index in [1.807, 2.05) is 61.2 Å². The number of ether oxygens (including phenoxy) is 1. The van der Waals surface area contributed by atoms with Gasteiger partial charge in [-0.3, -0.25) is 38.7 Å². The van der Waals surface area contributed by atoms with Crippen LogP contribution >= 0.6 is 0 Å². The van der Waals surface area contributed by atoms with Crippen LogP contribution in [0, 0.1) is 17.8 Å². The number of nitrogens with one attached hydrogen (secondary N) is 4. The molecular formula is C68H94N10O8. The Morgan fingerprint density at radius 1 is 0.779 bits per heavy atom. The molecule has 464 valence electrons. The van der Waals surface area contributed by atoms with E-state index < -0.39 is 18.0 Å². The Kier molecular flexibility index (Phi) is 27.6. The lowest BCUT2D eigenvalue weighted by Crippen LogP contribution is -2.46. The Hall–Kier alpha value is -7.57. The van der Waals surface area contributed by atoms with Gasteiger partial charge in [-0.25, -0.2) is 9.79 Å². The number of hydrogen-bond acceptors (Lipinski definition) is 13. The van der Waals surface area contributed by atoms with Crippen LogP contribution in [0.25, 0.3) is 6.08 Å². The Bertz CT molecular complexity index is 2970. The van der Waals surface area contributed by atoms with Gasteiger partial charge < -0.3 is 42.4 Å². The number of aromatic nitrogens is 1. The Labute approximate surface area is 509 Å². The van der Waals surface area contributed by atoms with E-state index in [0.29, 0.717) is 92.7 Å². The zero-order valence-corrected chi connectivity index (χ0v) is 51.8. The van der Waals surface area contributed by atoms with Crippen molar-refractivity contribution in [2.24, 2.45) is 34.2 Å². The van der Waals surface area contributed by atoms with Crippen molar-refractivity contribution >= 4 is 64.6 Å². The van der Waals surface area contributed by atoms with Crippen LogP contribution in [-0.2, 0) is 67.8 Å². The number of urea groups is 1. The smallest absolute Gasteiger partial charge is 0.312 e. The minimum atomic E-state index is -0.819. The van der Waals surface area contributed by atoms with Crippen LogP contribution in [-0.4, -0.2) is 101 Å². The van der Waals surface area contributed by atoms with E-state index >= 15 is 0 Å². The third-order valence-electron chi connectivity index (χ3n) is 15.7. The number of unbranched alkanes of at least 4 members (excludes halogenated alkanes) is 3. The molecule has 0 radical (unpaired) electrons. The van der Waals surface area contributed by atoms with Crippen LogP contribution in [0.1, 0.15) is 181 Å². The van der Waals surface area contributed by atoms with Crippen molar-refractivity contribution in [3.05, 3.63) is 129 Å². The number of nitrogens with two attached hydrogens (primary N) is 2. The fourth-order valence-corrected chi connectivity index (χ4v) is 10.9. The summed E-state index contributed by atoms with van der Waals surface area (Å²) in [4.78, 5) is 105. The molecule has 2 atom stereocenters. The molecule has 3 heterocycles. The van der Waals surface area contributed by atoms with Crippen LogP contribution in [0.3, 0.4) is 0 Å². The fourth-order valence-electron chi connectivity index (χ4n) is 10.9. The van der Waals surface area contributed by atoms with Gasteiger partial charge in [0.15, 0.2) is 5.78 Å². The van der Waals surface area contributed by atoms with Gasteiger partial charge in [-0.05, 0) is 109 Å².